The third-order valence-corrected chi connectivity index (χ3v) is 8.36. The molecule has 0 aromatic heterocycles. The van der Waals surface area contributed by atoms with Crippen molar-refractivity contribution >= 4 is 0 Å². The van der Waals surface area contributed by atoms with E-state index in [1.165, 1.54) is 6.07 Å². The maximum Gasteiger partial charge on any atom is 0.432 e. The van der Waals surface area contributed by atoms with Crippen molar-refractivity contribution in [3.63, 3.8) is 0 Å². The molecule has 0 unspecified atom stereocenters. The lowest BCUT2D eigenvalue weighted by molar-refractivity contribution is -0.189. The van der Waals surface area contributed by atoms with E-state index in [4.69, 9.17) is 4.74 Å². The molecule has 0 aliphatic heterocycles. The van der Waals surface area contributed by atoms with Crippen molar-refractivity contribution in [2.24, 2.45) is 0 Å². The average Bonchev–Trinajstić information content (AvgIpc) is 3.01. The largest absolute Gasteiger partial charge is 0.432 e. The maximum atomic E-state index is 15.1. The van der Waals surface area contributed by atoms with Crippen LogP contribution >= 0.6 is 0 Å². The molecule has 2 nitrogen and oxygen atoms in total. The van der Waals surface area contributed by atoms with Crippen molar-refractivity contribution in [1.29, 1.82) is 0 Å². The molecule has 0 radical (unpaired) electrons. The quantitative estimate of drug-likeness (QED) is 0.0901. The number of hydrogen-bond donors (Lipinski definition) is 0. The highest BCUT2D eigenvalue weighted by molar-refractivity contribution is 5.72. The molecule has 0 heterocycles. The predicted octanol–water partition coefficient (Wildman–Crippen LogP) is 11.4. The highest BCUT2D eigenvalue weighted by Crippen LogP contribution is 2.40. The summed E-state index contributed by atoms with van der Waals surface area (Å²) in [4.78, 5) is 0. The van der Waals surface area contributed by atoms with Gasteiger partial charge in [0.2, 0.25) is 0 Å². The SMILES string of the molecule is CCCCCOC1CCC(c2cc(F)c(C(F)(F)Oc3ccc(-c4ccc(-c5cc(F)c(F)c(F)c5)c(F)c4)c(F)c3)c(F)c2)CC1. The summed E-state index contributed by atoms with van der Waals surface area (Å²) in [7, 11) is 0. The van der Waals surface area contributed by atoms with Gasteiger partial charge in [-0.25, -0.2) is 30.7 Å². The normalized spacial score (nSPS) is 16.8. The summed E-state index contributed by atoms with van der Waals surface area (Å²) in [5.41, 5.74) is -2.31. The lowest BCUT2D eigenvalue weighted by atomic mass is 9.82. The monoisotopic (exact) mass is 666 g/mol. The Kier molecular flexibility index (Phi) is 10.5. The Labute approximate surface area is 266 Å². The van der Waals surface area contributed by atoms with E-state index in [1.54, 1.807) is 0 Å². The summed E-state index contributed by atoms with van der Waals surface area (Å²) < 4.78 is 141. The Bertz CT molecular complexity index is 1690. The van der Waals surface area contributed by atoms with Crippen LogP contribution in [0.3, 0.4) is 0 Å². The van der Waals surface area contributed by atoms with Crippen molar-refractivity contribution in [2.45, 2.75) is 70.0 Å². The van der Waals surface area contributed by atoms with Crippen LogP contribution < -0.4 is 4.74 Å². The lowest BCUT2D eigenvalue weighted by Crippen LogP contribution is -2.26. The van der Waals surface area contributed by atoms with Crippen LogP contribution in [-0.2, 0) is 10.8 Å². The third kappa shape index (κ3) is 7.77. The summed E-state index contributed by atoms with van der Waals surface area (Å²) in [6.07, 6.45) is 1.20. The molecule has 0 bridgehead atoms. The number of ether oxygens (including phenoxy) is 2. The minimum Gasteiger partial charge on any atom is -0.429 e. The number of unbranched alkanes of at least 4 members (excludes halogenated alkanes) is 2. The minimum atomic E-state index is -4.52. The van der Waals surface area contributed by atoms with Gasteiger partial charge in [-0.3, -0.25) is 0 Å². The molecule has 1 saturated carbocycles. The number of rotatable bonds is 11. The Morgan fingerprint density at radius 2 is 1.21 bits per heavy atom. The summed E-state index contributed by atoms with van der Waals surface area (Å²) >= 11 is 0. The smallest absolute Gasteiger partial charge is 0.429 e. The number of alkyl halides is 2. The zero-order chi connectivity index (χ0) is 33.9. The van der Waals surface area contributed by atoms with Gasteiger partial charge in [0.25, 0.3) is 0 Å². The van der Waals surface area contributed by atoms with E-state index >= 15 is 22.0 Å². The van der Waals surface area contributed by atoms with Gasteiger partial charge in [-0.15, -0.1) is 0 Å². The van der Waals surface area contributed by atoms with Gasteiger partial charge < -0.3 is 9.47 Å². The van der Waals surface area contributed by atoms with Crippen molar-refractivity contribution in [3.8, 4) is 28.0 Å². The molecule has 47 heavy (non-hydrogen) atoms. The first-order chi connectivity index (χ1) is 22.4. The van der Waals surface area contributed by atoms with Crippen LogP contribution in [0.1, 0.15) is 68.9 Å². The number of hydrogen-bond acceptors (Lipinski definition) is 2. The standard InChI is InChI=1S/C36H31F9O2/c1-2-3-4-13-46-24-8-5-20(6-9-24)22-15-30(39)34(31(40)16-22)36(44,45)47-25-10-12-26(29(38)19-25)21-7-11-27(28(37)14-21)23-17-32(41)35(43)33(42)18-23/h7,10-12,14-20,24H,2-6,8-9,13H2,1H3. The molecule has 250 valence electrons. The first-order valence-corrected chi connectivity index (χ1v) is 15.3. The fraction of sp³-hybridized carbons (Fsp3) is 0.333. The second-order valence-electron chi connectivity index (χ2n) is 11.6. The van der Waals surface area contributed by atoms with Gasteiger partial charge in [-0.1, -0.05) is 31.9 Å². The Balaban J connectivity index is 1.28. The molecule has 1 aliphatic rings. The molecule has 0 atom stereocenters. The van der Waals surface area contributed by atoms with Gasteiger partial charge in [-0.2, -0.15) is 8.78 Å². The molecule has 0 amide bonds. The van der Waals surface area contributed by atoms with Gasteiger partial charge in [0.1, 0.15) is 34.6 Å². The van der Waals surface area contributed by atoms with Crippen molar-refractivity contribution in [1.82, 2.24) is 0 Å². The van der Waals surface area contributed by atoms with E-state index in [2.05, 4.69) is 11.7 Å². The molecule has 1 fully saturated rings. The molecular weight excluding hydrogens is 635 g/mol. The molecule has 11 heteroatoms. The summed E-state index contributed by atoms with van der Waals surface area (Å²) in [6, 6.07) is 8.51. The van der Waals surface area contributed by atoms with Crippen LogP contribution in [0.5, 0.6) is 5.75 Å². The second-order valence-corrected chi connectivity index (χ2v) is 11.6. The summed E-state index contributed by atoms with van der Waals surface area (Å²) in [5.74, 6) is -10.9. The Morgan fingerprint density at radius 1 is 0.638 bits per heavy atom. The van der Waals surface area contributed by atoms with Crippen molar-refractivity contribution in [2.75, 3.05) is 6.61 Å². The van der Waals surface area contributed by atoms with E-state index in [0.717, 1.165) is 55.7 Å². The third-order valence-electron chi connectivity index (χ3n) is 8.36. The second kappa shape index (κ2) is 14.4. The van der Waals surface area contributed by atoms with E-state index in [9.17, 15) is 17.6 Å². The first-order valence-electron chi connectivity index (χ1n) is 15.3. The number of benzene rings is 4. The molecule has 5 rings (SSSR count). The van der Waals surface area contributed by atoms with E-state index in [-0.39, 0.29) is 39.8 Å². The van der Waals surface area contributed by atoms with Crippen LogP contribution in [-0.4, -0.2) is 12.7 Å². The van der Waals surface area contributed by atoms with Crippen molar-refractivity contribution < 1.29 is 49.0 Å². The Morgan fingerprint density at radius 3 is 1.81 bits per heavy atom. The summed E-state index contributed by atoms with van der Waals surface area (Å²) in [6.45, 7) is 2.75. The summed E-state index contributed by atoms with van der Waals surface area (Å²) in [5, 5.41) is 0. The van der Waals surface area contributed by atoms with Crippen LogP contribution in [0, 0.1) is 40.7 Å². The first kappa shape index (κ1) is 34.3. The van der Waals surface area contributed by atoms with Gasteiger partial charge in [0, 0.05) is 23.8 Å². The van der Waals surface area contributed by atoms with E-state index in [0.29, 0.717) is 50.5 Å². The highest BCUT2D eigenvalue weighted by atomic mass is 19.3. The highest BCUT2D eigenvalue weighted by Gasteiger charge is 2.42. The minimum absolute atomic E-state index is 0.0540. The van der Waals surface area contributed by atoms with Gasteiger partial charge in [0.15, 0.2) is 17.5 Å². The molecule has 0 N–H and O–H groups in total. The van der Waals surface area contributed by atoms with Crippen LogP contribution in [0.25, 0.3) is 22.3 Å². The molecule has 1 aliphatic carbocycles. The van der Waals surface area contributed by atoms with Crippen molar-refractivity contribution in [3.05, 3.63) is 113 Å². The molecular formula is C36H31F9O2. The zero-order valence-corrected chi connectivity index (χ0v) is 25.3. The zero-order valence-electron chi connectivity index (χ0n) is 25.3. The Hall–Kier alpha value is -3.99. The fourth-order valence-electron chi connectivity index (χ4n) is 5.89. The maximum absolute atomic E-state index is 15.1. The predicted molar refractivity (Wildman–Crippen MR) is 158 cm³/mol. The average molecular weight is 667 g/mol. The molecule has 0 saturated heterocycles. The van der Waals surface area contributed by atoms with Crippen LogP contribution in [0.2, 0.25) is 0 Å². The van der Waals surface area contributed by atoms with E-state index in [1.807, 2.05) is 0 Å². The van der Waals surface area contributed by atoms with Gasteiger partial charge >= 0.3 is 6.11 Å². The van der Waals surface area contributed by atoms with Gasteiger partial charge in [0.05, 0.1) is 6.10 Å². The van der Waals surface area contributed by atoms with E-state index < -0.39 is 58.1 Å². The fourth-order valence-corrected chi connectivity index (χ4v) is 5.89. The topological polar surface area (TPSA) is 18.5 Å². The number of halogens is 9. The van der Waals surface area contributed by atoms with Crippen LogP contribution in [0.15, 0.2) is 60.7 Å². The molecule has 4 aromatic rings. The molecule has 4 aromatic carbocycles. The van der Waals surface area contributed by atoms with Crippen LogP contribution in [0.4, 0.5) is 39.5 Å². The molecule has 0 spiro atoms. The van der Waals surface area contributed by atoms with Gasteiger partial charge in [-0.05, 0) is 97.2 Å². The lowest BCUT2D eigenvalue weighted by Gasteiger charge is -2.29.